The van der Waals surface area contributed by atoms with Crippen molar-refractivity contribution in [3.8, 4) is 11.5 Å². The van der Waals surface area contributed by atoms with E-state index in [1.54, 1.807) is 26.0 Å². The maximum Gasteiger partial charge on any atom is 0.308 e. The van der Waals surface area contributed by atoms with Gasteiger partial charge in [-0.1, -0.05) is 6.07 Å². The maximum atomic E-state index is 12.5. The molecule has 26 heavy (non-hydrogen) atoms. The van der Waals surface area contributed by atoms with E-state index in [-0.39, 0.29) is 29.1 Å². The molecule has 0 bridgehead atoms. The minimum Gasteiger partial charge on any atom is -0.493 e. The molecular formula is C19H23NO5S. The van der Waals surface area contributed by atoms with Crippen molar-refractivity contribution in [2.24, 2.45) is 5.92 Å². The van der Waals surface area contributed by atoms with Crippen molar-refractivity contribution < 1.29 is 23.8 Å². The molecule has 1 heterocycles. The van der Waals surface area contributed by atoms with Gasteiger partial charge in [0.1, 0.15) is 0 Å². The number of benzene rings is 1. The molecule has 0 radical (unpaired) electrons. The maximum absolute atomic E-state index is 12.5. The summed E-state index contributed by atoms with van der Waals surface area (Å²) in [7, 11) is 4.58. The third-order valence-corrected chi connectivity index (χ3v) is 6.27. The first kappa shape index (κ1) is 18.6. The molecule has 7 heteroatoms. The van der Waals surface area contributed by atoms with Crippen LogP contribution in [0.1, 0.15) is 24.8 Å². The summed E-state index contributed by atoms with van der Waals surface area (Å²) in [5.74, 6) is 0.862. The number of fused-ring (bicyclic) bond motifs is 1. The number of amides is 1. The largest absolute Gasteiger partial charge is 0.493 e. The lowest BCUT2D eigenvalue weighted by Gasteiger charge is -2.38. The highest BCUT2D eigenvalue weighted by molar-refractivity contribution is 8.04. The zero-order chi connectivity index (χ0) is 18.7. The van der Waals surface area contributed by atoms with E-state index in [0.717, 1.165) is 18.4 Å². The van der Waals surface area contributed by atoms with Crippen LogP contribution in [0.25, 0.3) is 6.08 Å². The number of ether oxygens (including phenoxy) is 3. The van der Waals surface area contributed by atoms with Crippen LogP contribution in [-0.4, -0.2) is 44.5 Å². The highest BCUT2D eigenvalue weighted by Gasteiger charge is 2.39. The number of carbonyl (C=O) groups excluding carboxylic acids is 2. The molecule has 1 N–H and O–H groups in total. The normalized spacial score (nSPS) is 26.7. The van der Waals surface area contributed by atoms with Gasteiger partial charge in [0.05, 0.1) is 32.2 Å². The van der Waals surface area contributed by atoms with Crippen LogP contribution in [0.15, 0.2) is 23.1 Å². The molecule has 0 spiro atoms. The van der Waals surface area contributed by atoms with Crippen LogP contribution in [0.4, 0.5) is 0 Å². The summed E-state index contributed by atoms with van der Waals surface area (Å²) in [6.07, 6.45) is 4.17. The molecule has 3 unspecified atom stereocenters. The van der Waals surface area contributed by atoms with Gasteiger partial charge in [0.2, 0.25) is 0 Å². The van der Waals surface area contributed by atoms with Gasteiger partial charge in [-0.2, -0.15) is 0 Å². The van der Waals surface area contributed by atoms with Crippen LogP contribution in [-0.2, 0) is 14.3 Å². The van der Waals surface area contributed by atoms with Crippen LogP contribution in [0.5, 0.6) is 11.5 Å². The van der Waals surface area contributed by atoms with Crippen LogP contribution in [0.3, 0.4) is 0 Å². The smallest absolute Gasteiger partial charge is 0.308 e. The minimum atomic E-state index is -0.186. The molecule has 1 aromatic carbocycles. The lowest BCUT2D eigenvalue weighted by molar-refractivity contribution is -0.147. The first-order valence-electron chi connectivity index (χ1n) is 8.54. The van der Waals surface area contributed by atoms with Crippen molar-refractivity contribution in [1.29, 1.82) is 0 Å². The first-order chi connectivity index (χ1) is 12.5. The van der Waals surface area contributed by atoms with Gasteiger partial charge in [0, 0.05) is 11.3 Å². The quantitative estimate of drug-likeness (QED) is 0.642. The minimum absolute atomic E-state index is 0.00732. The highest BCUT2D eigenvalue weighted by Crippen LogP contribution is 2.40. The zero-order valence-electron chi connectivity index (χ0n) is 15.1. The van der Waals surface area contributed by atoms with Gasteiger partial charge in [-0.3, -0.25) is 9.59 Å². The Morgan fingerprint density at radius 3 is 2.65 bits per heavy atom. The molecule has 1 saturated carbocycles. The molecule has 3 rings (SSSR count). The third-order valence-electron chi connectivity index (χ3n) is 4.85. The molecule has 1 aromatic rings. The van der Waals surface area contributed by atoms with E-state index in [4.69, 9.17) is 14.2 Å². The number of hydrogen-bond donors (Lipinski definition) is 1. The van der Waals surface area contributed by atoms with E-state index in [1.807, 2.05) is 24.3 Å². The second kappa shape index (κ2) is 8.03. The topological polar surface area (TPSA) is 73.9 Å². The van der Waals surface area contributed by atoms with Crippen molar-refractivity contribution in [2.45, 2.75) is 30.6 Å². The van der Waals surface area contributed by atoms with E-state index in [9.17, 15) is 9.59 Å². The Morgan fingerprint density at radius 2 is 1.96 bits per heavy atom. The molecule has 1 aliphatic heterocycles. The Bertz CT molecular complexity index is 733. The number of hydrogen-bond acceptors (Lipinski definition) is 6. The number of rotatable bonds is 4. The number of esters is 1. The Labute approximate surface area is 157 Å². The molecule has 1 amide bonds. The van der Waals surface area contributed by atoms with Crippen molar-refractivity contribution in [2.75, 3.05) is 21.3 Å². The molecule has 2 aliphatic rings. The average molecular weight is 377 g/mol. The van der Waals surface area contributed by atoms with Crippen LogP contribution in [0.2, 0.25) is 0 Å². The highest BCUT2D eigenvalue weighted by atomic mass is 32.2. The first-order valence-corrected chi connectivity index (χ1v) is 9.42. The van der Waals surface area contributed by atoms with E-state index in [1.165, 1.54) is 7.11 Å². The molecule has 2 fully saturated rings. The summed E-state index contributed by atoms with van der Waals surface area (Å²) >= 11 is 1.59. The van der Waals surface area contributed by atoms with Gasteiger partial charge in [-0.05, 0) is 43.0 Å². The van der Waals surface area contributed by atoms with Crippen LogP contribution in [0, 0.1) is 5.92 Å². The Kier molecular flexibility index (Phi) is 5.76. The molecule has 3 atom stereocenters. The predicted octanol–water partition coefficient (Wildman–Crippen LogP) is 2.62. The predicted molar refractivity (Wildman–Crippen MR) is 100 cm³/mol. The summed E-state index contributed by atoms with van der Waals surface area (Å²) in [5, 5.41) is 3.33. The lowest BCUT2D eigenvalue weighted by atomic mass is 9.85. The van der Waals surface area contributed by atoms with Crippen molar-refractivity contribution in [3.05, 3.63) is 28.7 Å². The number of methoxy groups -OCH3 is 3. The lowest BCUT2D eigenvalue weighted by Crippen LogP contribution is -2.50. The van der Waals surface area contributed by atoms with Gasteiger partial charge in [-0.15, -0.1) is 11.8 Å². The molecule has 1 saturated heterocycles. The fourth-order valence-electron chi connectivity index (χ4n) is 3.47. The van der Waals surface area contributed by atoms with E-state index in [2.05, 4.69) is 5.32 Å². The SMILES string of the molecule is COC(=O)C1CCC2S/C(=C/c3ccc(OC)c(OC)c3)C(=O)NC2C1. The molecule has 1 aliphatic carbocycles. The summed E-state index contributed by atoms with van der Waals surface area (Å²) in [4.78, 5) is 24.9. The summed E-state index contributed by atoms with van der Waals surface area (Å²) < 4.78 is 15.4. The molecule has 6 nitrogen and oxygen atoms in total. The van der Waals surface area contributed by atoms with Gasteiger partial charge < -0.3 is 19.5 Å². The van der Waals surface area contributed by atoms with Gasteiger partial charge in [0.25, 0.3) is 5.91 Å². The van der Waals surface area contributed by atoms with E-state index in [0.29, 0.717) is 22.8 Å². The Balaban J connectivity index is 1.75. The second-order valence-electron chi connectivity index (χ2n) is 6.39. The third kappa shape index (κ3) is 3.82. The number of carbonyl (C=O) groups is 2. The standard InChI is InChI=1S/C19H23NO5S/c1-23-14-6-4-11(8-15(14)24-2)9-17-18(21)20-13-10-12(19(22)25-3)5-7-16(13)26-17/h4,6,8-9,12-13,16H,5,7,10H2,1-3H3,(H,20,21)/b17-9+. The fourth-order valence-corrected chi connectivity index (χ4v) is 4.76. The number of thioether (sulfide) groups is 1. The fraction of sp³-hybridized carbons (Fsp3) is 0.474. The van der Waals surface area contributed by atoms with Gasteiger partial charge in [0.15, 0.2) is 11.5 Å². The van der Waals surface area contributed by atoms with Gasteiger partial charge >= 0.3 is 5.97 Å². The van der Waals surface area contributed by atoms with Crippen LogP contribution >= 0.6 is 11.8 Å². The van der Waals surface area contributed by atoms with Crippen molar-refractivity contribution >= 4 is 29.7 Å². The summed E-state index contributed by atoms with van der Waals surface area (Å²) in [6, 6.07) is 5.57. The second-order valence-corrected chi connectivity index (χ2v) is 7.67. The Hall–Kier alpha value is -2.15. The van der Waals surface area contributed by atoms with E-state index >= 15 is 0 Å². The molecular weight excluding hydrogens is 354 g/mol. The van der Waals surface area contributed by atoms with Crippen molar-refractivity contribution in [3.63, 3.8) is 0 Å². The summed E-state index contributed by atoms with van der Waals surface area (Å²) in [5.41, 5.74) is 0.877. The molecule has 0 aromatic heterocycles. The molecule has 140 valence electrons. The van der Waals surface area contributed by atoms with Crippen molar-refractivity contribution in [1.82, 2.24) is 5.32 Å². The van der Waals surface area contributed by atoms with E-state index < -0.39 is 0 Å². The average Bonchev–Trinajstić information content (AvgIpc) is 2.67. The van der Waals surface area contributed by atoms with Gasteiger partial charge in [-0.25, -0.2) is 0 Å². The van der Waals surface area contributed by atoms with Crippen LogP contribution < -0.4 is 14.8 Å². The zero-order valence-corrected chi connectivity index (χ0v) is 15.9. The summed E-state index contributed by atoms with van der Waals surface area (Å²) in [6.45, 7) is 0. The number of nitrogens with one attached hydrogen (secondary N) is 1. The Morgan fingerprint density at radius 1 is 1.19 bits per heavy atom. The monoisotopic (exact) mass is 377 g/mol.